The van der Waals surface area contributed by atoms with Crippen molar-refractivity contribution in [2.24, 2.45) is 9.98 Å². The zero-order chi connectivity index (χ0) is 44.7. The number of hydrogen-bond donors (Lipinski definition) is 2. The van der Waals surface area contributed by atoms with Gasteiger partial charge in [0.15, 0.2) is 0 Å². The van der Waals surface area contributed by atoms with Crippen molar-refractivity contribution < 1.29 is 29.3 Å². The van der Waals surface area contributed by atoms with E-state index in [-0.39, 0.29) is 47.9 Å². The molecule has 1 fully saturated rings. The van der Waals surface area contributed by atoms with E-state index >= 15 is 0 Å². The molecule has 0 aromatic heterocycles. The number of rotatable bonds is 2. The first kappa shape index (κ1) is 40.6. The highest BCUT2D eigenvalue weighted by molar-refractivity contribution is 6.14. The van der Waals surface area contributed by atoms with Crippen molar-refractivity contribution in [3.8, 4) is 45.3 Å². The minimum absolute atomic E-state index is 0.0178. The lowest BCUT2D eigenvalue weighted by atomic mass is 9.90. The fraction of sp³-hybridized carbons (Fsp3) is 0.123. The molecule has 0 saturated carbocycles. The molecular formula is C57H43N3O6. The molecule has 0 unspecified atom stereocenters. The van der Waals surface area contributed by atoms with E-state index in [1.165, 1.54) is 5.56 Å². The van der Waals surface area contributed by atoms with Crippen molar-refractivity contribution in [1.29, 1.82) is 0 Å². The van der Waals surface area contributed by atoms with E-state index < -0.39 is 11.9 Å². The van der Waals surface area contributed by atoms with Gasteiger partial charge in [0.2, 0.25) is 0 Å². The Labute approximate surface area is 380 Å². The molecule has 2 N–H and O–H groups in total. The lowest BCUT2D eigenvalue weighted by Crippen LogP contribution is -2.21. The molecule has 322 valence electrons. The third kappa shape index (κ3) is 7.59. The second kappa shape index (κ2) is 17.1. The van der Waals surface area contributed by atoms with Gasteiger partial charge in [-0.1, -0.05) is 140 Å². The summed E-state index contributed by atoms with van der Waals surface area (Å²) in [5.41, 5.74) is 4.22. The zero-order valence-electron chi connectivity index (χ0n) is 35.8. The van der Waals surface area contributed by atoms with Crippen molar-refractivity contribution in [2.75, 3.05) is 13.1 Å². The summed E-state index contributed by atoms with van der Waals surface area (Å²) in [5, 5.41) is 31.4. The van der Waals surface area contributed by atoms with Gasteiger partial charge in [-0.05, 0) is 72.9 Å². The van der Waals surface area contributed by atoms with Gasteiger partial charge in [-0.15, -0.1) is 0 Å². The Morgan fingerprint density at radius 2 is 0.864 bits per heavy atom. The van der Waals surface area contributed by atoms with E-state index in [1.807, 2.05) is 140 Å². The molecule has 9 aromatic rings. The summed E-state index contributed by atoms with van der Waals surface area (Å²) in [7, 11) is 0. The van der Waals surface area contributed by atoms with Crippen molar-refractivity contribution in [3.63, 3.8) is 0 Å². The largest absolute Gasteiger partial charge is 0.507 e. The molecular weight excluding hydrogens is 823 g/mol. The number of esters is 2. The van der Waals surface area contributed by atoms with Crippen molar-refractivity contribution >= 4 is 67.5 Å². The van der Waals surface area contributed by atoms with Crippen LogP contribution < -0.4 is 9.47 Å². The number of fused-ring (bicyclic) bond motifs is 17. The highest BCUT2D eigenvalue weighted by Crippen LogP contribution is 2.48. The lowest BCUT2D eigenvalue weighted by molar-refractivity contribution is -0.140. The lowest BCUT2D eigenvalue weighted by Gasteiger charge is -2.19. The highest BCUT2D eigenvalue weighted by atomic mass is 16.5. The molecule has 9 heteroatoms. The highest BCUT2D eigenvalue weighted by Gasteiger charge is 2.33. The maximum Gasteiger partial charge on any atom is 0.311 e. The Kier molecular flexibility index (Phi) is 10.5. The third-order valence-corrected chi connectivity index (χ3v) is 12.8. The zero-order valence-corrected chi connectivity index (χ0v) is 35.8. The molecule has 0 aliphatic carbocycles. The summed E-state index contributed by atoms with van der Waals surface area (Å²) in [6.45, 7) is 1.89. The van der Waals surface area contributed by atoms with Crippen LogP contribution in [0.1, 0.15) is 29.5 Å². The number of phenols is 2. The van der Waals surface area contributed by atoms with Crippen LogP contribution in [0.25, 0.3) is 65.3 Å². The Bertz CT molecular complexity index is 3250. The number of ether oxygens (including phenoxy) is 2. The van der Waals surface area contributed by atoms with E-state index in [0.717, 1.165) is 43.1 Å². The first-order valence-electron chi connectivity index (χ1n) is 22.1. The monoisotopic (exact) mass is 865 g/mol. The van der Waals surface area contributed by atoms with Gasteiger partial charge in [0.25, 0.3) is 0 Å². The summed E-state index contributed by atoms with van der Waals surface area (Å²) in [6, 6.07) is 51.8. The van der Waals surface area contributed by atoms with Gasteiger partial charge in [0, 0.05) is 65.4 Å². The minimum Gasteiger partial charge on any atom is -0.507 e. The molecule has 11 rings (SSSR count). The quantitative estimate of drug-likeness (QED) is 0.131. The number of aliphatic imine (C=N–C) groups is 2. The van der Waals surface area contributed by atoms with Crippen molar-refractivity contribution in [3.05, 3.63) is 180 Å². The summed E-state index contributed by atoms with van der Waals surface area (Å²) < 4.78 is 12.3. The molecule has 2 atom stereocenters. The van der Waals surface area contributed by atoms with Gasteiger partial charge < -0.3 is 19.7 Å². The fourth-order valence-electron chi connectivity index (χ4n) is 9.62. The summed E-state index contributed by atoms with van der Waals surface area (Å²) in [6.07, 6.45) is 2.90. The predicted octanol–water partition coefficient (Wildman–Crippen LogP) is 11.4. The van der Waals surface area contributed by atoms with Crippen LogP contribution in [0.15, 0.2) is 174 Å². The predicted molar refractivity (Wildman–Crippen MR) is 262 cm³/mol. The second-order valence-electron chi connectivity index (χ2n) is 17.0. The average Bonchev–Trinajstić information content (AvgIpc) is 3.73. The summed E-state index contributed by atoms with van der Waals surface area (Å²) >= 11 is 0. The number of hydrogen-bond acceptors (Lipinski definition) is 9. The normalized spacial score (nSPS) is 16.8. The molecule has 9 nitrogen and oxygen atoms in total. The first-order chi connectivity index (χ1) is 32.4. The third-order valence-electron chi connectivity index (χ3n) is 12.8. The van der Waals surface area contributed by atoms with Crippen LogP contribution in [0.2, 0.25) is 0 Å². The van der Waals surface area contributed by atoms with Crippen molar-refractivity contribution in [2.45, 2.75) is 31.5 Å². The smallest absolute Gasteiger partial charge is 0.311 e. The van der Waals surface area contributed by atoms with Gasteiger partial charge in [-0.3, -0.25) is 24.5 Å². The Morgan fingerprint density at radius 1 is 0.470 bits per heavy atom. The van der Waals surface area contributed by atoms with Crippen LogP contribution >= 0.6 is 0 Å². The molecule has 9 aromatic carbocycles. The molecule has 4 bridgehead atoms. The van der Waals surface area contributed by atoms with Crippen LogP contribution in [0, 0.1) is 0 Å². The van der Waals surface area contributed by atoms with Crippen molar-refractivity contribution in [1.82, 2.24) is 4.90 Å². The van der Waals surface area contributed by atoms with Gasteiger partial charge in [0.05, 0.1) is 24.9 Å². The molecule has 0 amide bonds. The van der Waals surface area contributed by atoms with E-state index in [0.29, 0.717) is 53.0 Å². The second-order valence-corrected chi connectivity index (χ2v) is 17.0. The molecule has 1 saturated heterocycles. The topological polar surface area (TPSA) is 121 Å². The number of phenolic OH excluding ortho intramolecular Hbond substituents is 2. The molecule has 2 aliphatic rings. The number of nitrogens with zero attached hydrogens (tertiary/aromatic N) is 3. The van der Waals surface area contributed by atoms with Crippen LogP contribution in [-0.2, 0) is 16.1 Å². The SMILES string of the molecule is O=C1CCC(=O)Oc2ccc3ccccc3c2-c2c(O)c(cc3ccccc23)C=N[C@@H]2CN(Cc3ccccc3)C[C@H]2N=Cc2cc3ccccc3c(c2O)-c2c(ccc3ccccc23)O1. The van der Waals surface area contributed by atoms with E-state index in [2.05, 4.69) is 17.0 Å². The van der Waals surface area contributed by atoms with Gasteiger partial charge in [-0.25, -0.2) is 0 Å². The van der Waals surface area contributed by atoms with Gasteiger partial charge >= 0.3 is 11.9 Å². The maximum atomic E-state index is 13.9. The Balaban J connectivity index is 1.11. The maximum absolute atomic E-state index is 13.9. The van der Waals surface area contributed by atoms with Crippen LogP contribution in [0.5, 0.6) is 23.0 Å². The number of carbonyl (C=O) groups is 2. The molecule has 2 heterocycles. The average molecular weight is 866 g/mol. The number of likely N-dealkylation sites (tertiary alicyclic amines) is 1. The molecule has 2 aliphatic heterocycles. The van der Waals surface area contributed by atoms with Gasteiger partial charge in [-0.2, -0.15) is 0 Å². The van der Waals surface area contributed by atoms with E-state index in [4.69, 9.17) is 19.5 Å². The van der Waals surface area contributed by atoms with Gasteiger partial charge in [0.1, 0.15) is 23.0 Å². The van der Waals surface area contributed by atoms with Crippen LogP contribution in [-0.4, -0.2) is 64.7 Å². The Morgan fingerprint density at radius 3 is 1.32 bits per heavy atom. The fourth-order valence-corrected chi connectivity index (χ4v) is 9.62. The Hall–Kier alpha value is -8.14. The number of aromatic hydroxyl groups is 2. The molecule has 0 radical (unpaired) electrons. The summed E-state index contributed by atoms with van der Waals surface area (Å²) in [4.78, 5) is 40.4. The minimum atomic E-state index is -0.645. The summed E-state index contributed by atoms with van der Waals surface area (Å²) in [5.74, 6) is -0.844. The number of benzene rings is 9. The van der Waals surface area contributed by atoms with E-state index in [9.17, 15) is 19.8 Å². The number of carbonyl (C=O) groups excluding carboxylic acids is 2. The van der Waals surface area contributed by atoms with Crippen LogP contribution in [0.3, 0.4) is 0 Å². The first-order valence-corrected chi connectivity index (χ1v) is 22.1. The van der Waals surface area contributed by atoms with E-state index in [1.54, 1.807) is 24.6 Å². The molecule has 0 spiro atoms. The standard InChI is InChI=1S/C57H43N3O6/c61-50-26-27-51(62)66-49-25-23-37-15-5-9-19-43(37)53(49)55-45-21-11-7-17-39(45)29-41(57(55)64)31-59-47-34-60(32-35-12-2-1-3-13-35)33-46(47)58-30-40-28-38-16-6-10-20-44(38)54(56(40)63)52-42-18-8-4-14-36(42)22-24-48(52)65-50/h1-25,28-31,46-47,63-64H,26-27,32-34H2/t46-,47-/m1/s1. The van der Waals surface area contributed by atoms with Crippen LogP contribution in [0.4, 0.5) is 0 Å². The molecule has 66 heavy (non-hydrogen) atoms.